The van der Waals surface area contributed by atoms with E-state index in [0.717, 1.165) is 25.4 Å². The molecule has 4 aliphatic carbocycles. The van der Waals surface area contributed by atoms with Crippen LogP contribution in [-0.2, 0) is 14.6 Å². The molecule has 4 unspecified atom stereocenters. The van der Waals surface area contributed by atoms with E-state index in [1.807, 2.05) is 13.8 Å². The quantitative estimate of drug-likeness (QED) is 0.137. The van der Waals surface area contributed by atoms with Gasteiger partial charge in [0.2, 0.25) is 0 Å². The van der Waals surface area contributed by atoms with E-state index in [-0.39, 0.29) is 17.4 Å². The molecule has 284 valence electrons. The zero-order valence-electron chi connectivity index (χ0n) is 31.8. The summed E-state index contributed by atoms with van der Waals surface area (Å²) in [5.41, 5.74) is 0.562. The minimum atomic E-state index is -4.46. The molecule has 0 bridgehead atoms. The van der Waals surface area contributed by atoms with Crippen LogP contribution in [0.3, 0.4) is 0 Å². The van der Waals surface area contributed by atoms with Gasteiger partial charge in [-0.3, -0.25) is 4.55 Å². The van der Waals surface area contributed by atoms with Crippen LogP contribution < -0.4 is 5.32 Å². The fourth-order valence-corrected chi connectivity index (χ4v) is 13.7. The molecule has 11 atom stereocenters. The fraction of sp³-hybridized carbons (Fsp3) is 1.00. The molecule has 3 N–H and O–H groups in total. The molecular weight excluding hydrogens is 635 g/mol. The van der Waals surface area contributed by atoms with Crippen LogP contribution >= 0.6 is 0 Å². The summed E-state index contributed by atoms with van der Waals surface area (Å²) in [7, 11) is -4.46. The van der Waals surface area contributed by atoms with Gasteiger partial charge in [-0.05, 0) is 188 Å². The number of nitrogens with zero attached hydrogens (tertiary/aromatic N) is 2. The fourth-order valence-electron chi connectivity index (χ4n) is 13.1. The van der Waals surface area contributed by atoms with Gasteiger partial charge in [0, 0.05) is 12.1 Å². The van der Waals surface area contributed by atoms with Crippen LogP contribution in [0.5, 0.6) is 0 Å². The van der Waals surface area contributed by atoms with E-state index in [1.165, 1.54) is 116 Å². The van der Waals surface area contributed by atoms with Crippen LogP contribution in [0.15, 0.2) is 0 Å². The third-order valence-corrected chi connectivity index (χ3v) is 16.4. The van der Waals surface area contributed by atoms with Gasteiger partial charge < -0.3 is 20.2 Å². The molecule has 0 amide bonds. The summed E-state index contributed by atoms with van der Waals surface area (Å²) in [4.78, 5) is 5.49. The number of hydrogen-bond acceptors (Lipinski definition) is 7. The van der Waals surface area contributed by atoms with Gasteiger partial charge in [0.25, 0.3) is 0 Å². The summed E-state index contributed by atoms with van der Waals surface area (Å²) >= 11 is 0. The van der Waals surface area contributed by atoms with Crippen LogP contribution in [-0.4, -0.2) is 91.4 Å². The Morgan fingerprint density at radius 3 is 2.24 bits per heavy atom. The van der Waals surface area contributed by atoms with Gasteiger partial charge in [-0.15, -0.1) is 0 Å². The molecule has 49 heavy (non-hydrogen) atoms. The number of rotatable bonds is 13. The summed E-state index contributed by atoms with van der Waals surface area (Å²) in [6.07, 6.45) is 18.7. The van der Waals surface area contributed by atoms with E-state index in [0.29, 0.717) is 53.4 Å². The maximum Gasteiger partial charge on any atom is 0.397 e. The van der Waals surface area contributed by atoms with Crippen LogP contribution in [0.4, 0.5) is 0 Å². The van der Waals surface area contributed by atoms with Crippen molar-refractivity contribution < 1.29 is 22.3 Å². The van der Waals surface area contributed by atoms with E-state index >= 15 is 0 Å². The summed E-state index contributed by atoms with van der Waals surface area (Å²) in [6.45, 7) is 18.9. The first-order valence-corrected chi connectivity index (χ1v) is 22.2. The second-order valence-corrected chi connectivity index (χ2v) is 19.9. The molecule has 9 heteroatoms. The van der Waals surface area contributed by atoms with Crippen LogP contribution in [0.1, 0.15) is 137 Å². The van der Waals surface area contributed by atoms with Crippen molar-refractivity contribution >= 4 is 10.4 Å². The lowest BCUT2D eigenvalue weighted by molar-refractivity contribution is -0.167. The second-order valence-electron chi connectivity index (χ2n) is 18.8. The largest absolute Gasteiger partial charge is 0.397 e. The summed E-state index contributed by atoms with van der Waals surface area (Å²) < 4.78 is 37.3. The second kappa shape index (κ2) is 16.0. The van der Waals surface area contributed by atoms with Crippen molar-refractivity contribution in [2.45, 2.75) is 162 Å². The molecule has 2 heterocycles. The van der Waals surface area contributed by atoms with Gasteiger partial charge >= 0.3 is 10.4 Å². The number of aliphatic hydroxyl groups is 1. The van der Waals surface area contributed by atoms with E-state index in [4.69, 9.17) is 4.18 Å². The molecule has 6 aliphatic rings. The SMILES string of the molecule is CC(C)[C@@H](CC[C@@H](C)[C@H]1CCC2C3C(O)C[C@H]4C[C@@H](NCCCN5CCC(N6CCCCC6)CC5)CC[C@]4(C)C3CC[C@@]21C)OS(=O)(=O)O. The minimum absolute atomic E-state index is 0.0185. The first-order chi connectivity index (χ1) is 23.3. The zero-order chi connectivity index (χ0) is 35.0. The van der Waals surface area contributed by atoms with Gasteiger partial charge in [-0.1, -0.05) is 41.0 Å². The molecule has 4 saturated carbocycles. The van der Waals surface area contributed by atoms with Crippen LogP contribution in [0.25, 0.3) is 0 Å². The highest BCUT2D eigenvalue weighted by Crippen LogP contribution is 2.68. The molecule has 2 saturated heterocycles. The van der Waals surface area contributed by atoms with Crippen molar-refractivity contribution in [2.75, 3.05) is 39.3 Å². The third-order valence-electron chi connectivity index (χ3n) is 15.9. The first kappa shape index (κ1) is 38.4. The maximum absolute atomic E-state index is 11.9. The average molecular weight is 708 g/mol. The Bertz CT molecular complexity index is 1170. The predicted molar refractivity (Wildman–Crippen MR) is 198 cm³/mol. The van der Waals surface area contributed by atoms with Crippen molar-refractivity contribution in [2.24, 2.45) is 52.3 Å². The summed E-state index contributed by atoms with van der Waals surface area (Å²) in [6, 6.07) is 1.43. The third kappa shape index (κ3) is 8.59. The Morgan fingerprint density at radius 1 is 0.857 bits per heavy atom. The average Bonchev–Trinajstić information content (AvgIpc) is 3.42. The normalized spacial score (nSPS) is 40.9. The predicted octanol–water partition coefficient (Wildman–Crippen LogP) is 7.18. The van der Waals surface area contributed by atoms with Crippen LogP contribution in [0.2, 0.25) is 0 Å². The molecular formula is C40H73N3O5S. The molecule has 8 nitrogen and oxygen atoms in total. The Kier molecular flexibility index (Phi) is 12.5. The first-order valence-electron chi connectivity index (χ1n) is 20.8. The number of fused-ring (bicyclic) bond motifs is 5. The molecule has 0 aromatic carbocycles. The van der Waals surface area contributed by atoms with Crippen molar-refractivity contribution in [1.82, 2.24) is 15.1 Å². The number of aliphatic hydroxyl groups excluding tert-OH is 1. The number of nitrogens with one attached hydrogen (secondary N) is 1. The Morgan fingerprint density at radius 2 is 1.55 bits per heavy atom. The lowest BCUT2D eigenvalue weighted by Gasteiger charge is -2.62. The molecule has 0 aromatic heterocycles. The number of hydrogen-bond donors (Lipinski definition) is 3. The topological polar surface area (TPSA) is 102 Å². The standard InChI is InChI=1S/C40H73N3O5S/c1-28(2)37(48-49(45,46)47)13-10-29(3)33-11-12-34-38-35(15-19-40(33,34)5)39(4)18-14-31(26-30(39)27-36(38)44)41-20-9-21-42-24-16-32(17-25-42)43-22-7-6-8-23-43/h28-38,41,44H,6-27H2,1-5H3,(H,45,46,47)/t29-,30-,31+,33-,34?,35?,36?,37-,38?,39+,40-/m1/s1. The van der Waals surface area contributed by atoms with E-state index in [1.54, 1.807) is 0 Å². The van der Waals surface area contributed by atoms with Gasteiger partial charge in [0.1, 0.15) is 0 Å². The highest BCUT2D eigenvalue weighted by atomic mass is 32.3. The van der Waals surface area contributed by atoms with Gasteiger partial charge in [-0.2, -0.15) is 8.42 Å². The monoisotopic (exact) mass is 708 g/mol. The van der Waals surface area contributed by atoms with Crippen molar-refractivity contribution in [1.29, 1.82) is 0 Å². The molecule has 6 rings (SSSR count). The smallest absolute Gasteiger partial charge is 0.393 e. The lowest BCUT2D eigenvalue weighted by Crippen LogP contribution is -2.59. The number of likely N-dealkylation sites (tertiary alicyclic amines) is 2. The number of piperidine rings is 2. The Balaban J connectivity index is 0.968. The van der Waals surface area contributed by atoms with Gasteiger partial charge in [0.15, 0.2) is 0 Å². The zero-order valence-corrected chi connectivity index (χ0v) is 32.6. The Hall–Kier alpha value is -0.290. The molecule has 2 aliphatic heterocycles. The highest BCUT2D eigenvalue weighted by Gasteiger charge is 2.62. The molecule has 0 aromatic rings. The summed E-state index contributed by atoms with van der Waals surface area (Å²) in [5, 5.41) is 15.9. The lowest BCUT2D eigenvalue weighted by atomic mass is 9.43. The molecule has 6 fully saturated rings. The van der Waals surface area contributed by atoms with E-state index in [9.17, 15) is 18.1 Å². The maximum atomic E-state index is 11.9. The van der Waals surface area contributed by atoms with Gasteiger partial charge in [0.05, 0.1) is 12.2 Å². The van der Waals surface area contributed by atoms with E-state index in [2.05, 4.69) is 35.9 Å². The summed E-state index contributed by atoms with van der Waals surface area (Å²) in [5.74, 6) is 3.26. The van der Waals surface area contributed by atoms with Crippen molar-refractivity contribution in [3.8, 4) is 0 Å². The van der Waals surface area contributed by atoms with Crippen LogP contribution in [0, 0.1) is 52.3 Å². The minimum Gasteiger partial charge on any atom is -0.393 e. The molecule has 0 spiro atoms. The Labute approximate surface area is 300 Å². The van der Waals surface area contributed by atoms with Crippen molar-refractivity contribution in [3.63, 3.8) is 0 Å². The highest BCUT2D eigenvalue weighted by molar-refractivity contribution is 7.80. The van der Waals surface area contributed by atoms with Crippen molar-refractivity contribution in [3.05, 3.63) is 0 Å². The van der Waals surface area contributed by atoms with Gasteiger partial charge in [-0.25, -0.2) is 4.18 Å². The van der Waals surface area contributed by atoms with E-state index < -0.39 is 16.5 Å². The molecule has 0 radical (unpaired) electrons.